The first-order valence-corrected chi connectivity index (χ1v) is 7.89. The summed E-state index contributed by atoms with van der Waals surface area (Å²) in [5, 5.41) is 4.75. The second-order valence-electron chi connectivity index (χ2n) is 5.24. The van der Waals surface area contributed by atoms with Crippen LogP contribution in [0.15, 0.2) is 0 Å². The largest absolute Gasteiger partial charge is 0.348 e. The number of hydrogen-bond donors (Lipinski definition) is 1. The molecule has 0 bridgehead atoms. The number of anilines is 1. The number of aromatic nitrogens is 1. The van der Waals surface area contributed by atoms with Gasteiger partial charge in [-0.05, 0) is 32.6 Å². The fourth-order valence-corrected chi connectivity index (χ4v) is 3.29. The number of nitrogens with zero attached hydrogens (tertiary/aromatic N) is 2. The van der Waals surface area contributed by atoms with Gasteiger partial charge in [0.25, 0.3) is 0 Å². The van der Waals surface area contributed by atoms with E-state index in [2.05, 4.69) is 38.0 Å². The molecule has 0 saturated heterocycles. The molecule has 1 aliphatic carbocycles. The van der Waals surface area contributed by atoms with Crippen LogP contribution in [-0.4, -0.2) is 24.1 Å². The number of nitrogens with one attached hydrogen (secondary N) is 1. The van der Waals surface area contributed by atoms with Crippen LogP contribution in [0.3, 0.4) is 0 Å². The van der Waals surface area contributed by atoms with Gasteiger partial charge >= 0.3 is 0 Å². The minimum atomic E-state index is 0.611. The van der Waals surface area contributed by atoms with Crippen LogP contribution < -0.4 is 10.2 Å². The molecule has 3 nitrogen and oxygen atoms in total. The average Bonchev–Trinajstić information content (AvgIpc) is 3.12. The molecule has 0 spiro atoms. The summed E-state index contributed by atoms with van der Waals surface area (Å²) in [6.45, 7) is 7.62. The maximum atomic E-state index is 4.73. The molecule has 0 radical (unpaired) electrons. The number of aryl methyl sites for hydroxylation is 1. The van der Waals surface area contributed by atoms with Crippen LogP contribution in [0.5, 0.6) is 0 Å². The zero-order valence-corrected chi connectivity index (χ0v) is 12.8. The fourth-order valence-electron chi connectivity index (χ4n) is 2.24. The molecule has 102 valence electrons. The van der Waals surface area contributed by atoms with Crippen molar-refractivity contribution in [3.05, 3.63) is 10.6 Å². The molecule has 0 atom stereocenters. The summed E-state index contributed by atoms with van der Waals surface area (Å²) in [5.41, 5.74) is 1.20. The van der Waals surface area contributed by atoms with E-state index in [4.69, 9.17) is 4.98 Å². The van der Waals surface area contributed by atoms with E-state index in [9.17, 15) is 0 Å². The van der Waals surface area contributed by atoms with E-state index in [1.54, 1.807) is 0 Å². The lowest BCUT2D eigenvalue weighted by atomic mass is 10.1. The second-order valence-corrected chi connectivity index (χ2v) is 6.30. The Bertz CT molecular complexity index is 380. The monoisotopic (exact) mass is 267 g/mol. The van der Waals surface area contributed by atoms with Crippen molar-refractivity contribution in [3.63, 3.8) is 0 Å². The molecule has 0 unspecified atom stereocenters. The van der Waals surface area contributed by atoms with Crippen molar-refractivity contribution >= 4 is 16.5 Å². The fraction of sp³-hybridized carbons (Fsp3) is 0.786. The zero-order chi connectivity index (χ0) is 13.1. The highest BCUT2D eigenvalue weighted by Crippen LogP contribution is 2.28. The Morgan fingerprint density at radius 2 is 2.06 bits per heavy atom. The molecule has 2 rings (SSSR count). The van der Waals surface area contributed by atoms with Gasteiger partial charge in [-0.1, -0.05) is 13.8 Å². The number of thiazole rings is 1. The highest BCUT2D eigenvalue weighted by molar-refractivity contribution is 7.15. The first kappa shape index (κ1) is 13.8. The molecule has 18 heavy (non-hydrogen) atoms. The van der Waals surface area contributed by atoms with Crippen molar-refractivity contribution in [2.75, 3.05) is 11.9 Å². The molecule has 0 amide bonds. The van der Waals surface area contributed by atoms with Gasteiger partial charge in [0, 0.05) is 30.6 Å². The highest BCUT2D eigenvalue weighted by atomic mass is 32.1. The van der Waals surface area contributed by atoms with Crippen molar-refractivity contribution in [1.82, 2.24) is 10.3 Å². The minimum Gasteiger partial charge on any atom is -0.348 e. The molecule has 1 N–H and O–H groups in total. The van der Waals surface area contributed by atoms with Crippen molar-refractivity contribution in [2.45, 2.75) is 65.1 Å². The predicted octanol–water partition coefficient (Wildman–Crippen LogP) is 3.33. The number of hydrogen-bond acceptors (Lipinski definition) is 4. The third-order valence-corrected chi connectivity index (χ3v) is 5.05. The molecule has 1 heterocycles. The topological polar surface area (TPSA) is 28.2 Å². The smallest absolute Gasteiger partial charge is 0.185 e. The molecular formula is C14H25N3S. The van der Waals surface area contributed by atoms with Crippen LogP contribution in [0.25, 0.3) is 0 Å². The summed E-state index contributed by atoms with van der Waals surface area (Å²) in [6, 6.07) is 1.38. The molecule has 4 heteroatoms. The zero-order valence-electron chi connectivity index (χ0n) is 12.0. The van der Waals surface area contributed by atoms with Crippen LogP contribution in [-0.2, 0) is 6.54 Å². The van der Waals surface area contributed by atoms with Gasteiger partial charge in [-0.15, -0.1) is 11.3 Å². The molecule has 0 aliphatic heterocycles. The van der Waals surface area contributed by atoms with Crippen LogP contribution in [0.2, 0.25) is 0 Å². The lowest BCUT2D eigenvalue weighted by Gasteiger charge is -2.25. The molecule has 1 aliphatic rings. The standard InChI is InChI=1S/C14H25N3S/c1-5-12(6-2)17(4)14-16-10(3)13(18-14)9-15-11-7-8-11/h11-12,15H,5-9H2,1-4H3. The van der Waals surface area contributed by atoms with E-state index in [0.717, 1.165) is 12.6 Å². The molecule has 1 fully saturated rings. The molecule has 1 aromatic rings. The first-order valence-electron chi connectivity index (χ1n) is 7.08. The van der Waals surface area contributed by atoms with E-state index in [1.807, 2.05) is 11.3 Å². The Balaban J connectivity index is 2.01. The van der Waals surface area contributed by atoms with Crippen molar-refractivity contribution in [3.8, 4) is 0 Å². The summed E-state index contributed by atoms with van der Waals surface area (Å²) in [5.74, 6) is 0. The van der Waals surface area contributed by atoms with Gasteiger partial charge in [-0.2, -0.15) is 0 Å². The Kier molecular flexibility index (Phi) is 4.62. The average molecular weight is 267 g/mol. The van der Waals surface area contributed by atoms with Gasteiger partial charge in [0.05, 0.1) is 5.69 Å². The molecule has 0 aromatic carbocycles. The van der Waals surface area contributed by atoms with E-state index < -0.39 is 0 Å². The summed E-state index contributed by atoms with van der Waals surface area (Å²) >= 11 is 1.85. The summed E-state index contributed by atoms with van der Waals surface area (Å²) in [7, 11) is 2.17. The number of rotatable bonds is 7. The second kappa shape index (κ2) is 6.02. The lowest BCUT2D eigenvalue weighted by Crippen LogP contribution is -2.30. The van der Waals surface area contributed by atoms with Crippen molar-refractivity contribution in [2.24, 2.45) is 0 Å². The third-order valence-electron chi connectivity index (χ3n) is 3.80. The van der Waals surface area contributed by atoms with Gasteiger partial charge in [0.15, 0.2) is 5.13 Å². The minimum absolute atomic E-state index is 0.611. The predicted molar refractivity (Wildman–Crippen MR) is 79.5 cm³/mol. The Hall–Kier alpha value is -0.610. The van der Waals surface area contributed by atoms with E-state index in [0.29, 0.717) is 6.04 Å². The SMILES string of the molecule is CCC(CC)N(C)c1nc(C)c(CNC2CC2)s1. The van der Waals surface area contributed by atoms with E-state index >= 15 is 0 Å². The maximum absolute atomic E-state index is 4.73. The maximum Gasteiger partial charge on any atom is 0.185 e. The quantitative estimate of drug-likeness (QED) is 0.821. The summed E-state index contributed by atoms with van der Waals surface area (Å²) < 4.78 is 0. The summed E-state index contributed by atoms with van der Waals surface area (Å²) in [4.78, 5) is 8.47. The van der Waals surface area contributed by atoms with Crippen LogP contribution in [0.1, 0.15) is 50.1 Å². The Labute approximate surface area is 115 Å². The lowest BCUT2D eigenvalue weighted by molar-refractivity contribution is 0.590. The molecule has 1 aromatic heterocycles. The van der Waals surface area contributed by atoms with E-state index in [-0.39, 0.29) is 0 Å². The van der Waals surface area contributed by atoms with Crippen LogP contribution in [0, 0.1) is 6.92 Å². The van der Waals surface area contributed by atoms with Crippen LogP contribution >= 0.6 is 11.3 Å². The first-order chi connectivity index (χ1) is 8.65. The van der Waals surface area contributed by atoms with Crippen molar-refractivity contribution < 1.29 is 0 Å². The highest BCUT2D eigenvalue weighted by Gasteiger charge is 2.22. The van der Waals surface area contributed by atoms with Crippen LogP contribution in [0.4, 0.5) is 5.13 Å². The van der Waals surface area contributed by atoms with E-state index in [1.165, 1.54) is 41.4 Å². The van der Waals surface area contributed by atoms with Gasteiger partial charge in [-0.3, -0.25) is 0 Å². The van der Waals surface area contributed by atoms with Gasteiger partial charge in [-0.25, -0.2) is 4.98 Å². The van der Waals surface area contributed by atoms with Gasteiger partial charge in [0.1, 0.15) is 0 Å². The van der Waals surface area contributed by atoms with Crippen molar-refractivity contribution in [1.29, 1.82) is 0 Å². The summed E-state index contributed by atoms with van der Waals surface area (Å²) in [6.07, 6.45) is 5.05. The molecular weight excluding hydrogens is 242 g/mol. The van der Waals surface area contributed by atoms with Gasteiger partial charge in [0.2, 0.25) is 0 Å². The molecule has 1 saturated carbocycles. The third kappa shape index (κ3) is 3.23. The normalized spacial score (nSPS) is 15.4. The van der Waals surface area contributed by atoms with Gasteiger partial charge < -0.3 is 10.2 Å². The Morgan fingerprint density at radius 3 is 2.61 bits per heavy atom. The Morgan fingerprint density at radius 1 is 1.39 bits per heavy atom.